The number of hydrogen-bond acceptors (Lipinski definition) is 2. The molecule has 0 spiro atoms. The quantitative estimate of drug-likeness (QED) is 0.578. The van der Waals surface area contributed by atoms with E-state index < -0.39 is 29.3 Å². The third-order valence-corrected chi connectivity index (χ3v) is 4.68. The van der Waals surface area contributed by atoms with Crippen LogP contribution in [0.25, 0.3) is 0 Å². The van der Waals surface area contributed by atoms with E-state index in [1.165, 1.54) is 24.1 Å². The van der Waals surface area contributed by atoms with Crippen LogP contribution in [0.3, 0.4) is 0 Å². The van der Waals surface area contributed by atoms with Crippen LogP contribution in [0.15, 0.2) is 41.3 Å². The van der Waals surface area contributed by atoms with Crippen molar-refractivity contribution in [3.63, 3.8) is 0 Å². The Kier molecular flexibility index (Phi) is 5.88. The predicted molar refractivity (Wildman–Crippen MR) is 84.6 cm³/mol. The van der Waals surface area contributed by atoms with Crippen molar-refractivity contribution in [1.29, 1.82) is 0 Å². The molecule has 0 fully saturated rings. The Bertz CT molecular complexity index is 753. The lowest BCUT2D eigenvalue weighted by Crippen LogP contribution is -2.31. The van der Waals surface area contributed by atoms with E-state index in [1.54, 1.807) is 6.92 Å². The first kappa shape index (κ1) is 18.3. The molecule has 1 atom stereocenters. The fourth-order valence-corrected chi connectivity index (χ4v) is 2.89. The number of nitrogens with zero attached hydrogens (tertiary/aromatic N) is 1. The fraction of sp³-hybridized carbons (Fsp3) is 0.235. The molecular formula is C17H15F4NOS. The molecule has 0 aliphatic rings. The molecule has 128 valence electrons. The molecule has 1 unspecified atom stereocenters. The van der Waals surface area contributed by atoms with Gasteiger partial charge in [0.2, 0.25) is 5.91 Å². The lowest BCUT2D eigenvalue weighted by Gasteiger charge is -2.25. The standard InChI is InChI=1S/C17H15F4NOS/c1-10(11-3-5-13(19)14(20)7-11)22(2)17(23)9-24-16-6-4-12(18)8-15(16)21/h3-8,10H,9H2,1-2H3. The molecule has 0 aromatic heterocycles. The number of carbonyl (C=O) groups excluding carboxylic acids is 1. The topological polar surface area (TPSA) is 20.3 Å². The van der Waals surface area contributed by atoms with E-state index in [1.807, 2.05) is 0 Å². The first-order valence-electron chi connectivity index (χ1n) is 7.08. The molecule has 0 bridgehead atoms. The monoisotopic (exact) mass is 357 g/mol. The summed E-state index contributed by atoms with van der Waals surface area (Å²) in [7, 11) is 1.52. The van der Waals surface area contributed by atoms with Gasteiger partial charge in [-0.05, 0) is 36.8 Å². The number of thioether (sulfide) groups is 1. The minimum atomic E-state index is -0.983. The largest absolute Gasteiger partial charge is 0.338 e. The van der Waals surface area contributed by atoms with E-state index in [2.05, 4.69) is 0 Å². The average Bonchev–Trinajstić information content (AvgIpc) is 2.55. The summed E-state index contributed by atoms with van der Waals surface area (Å²) in [6.07, 6.45) is 0. The molecule has 7 heteroatoms. The van der Waals surface area contributed by atoms with Crippen LogP contribution in [-0.2, 0) is 4.79 Å². The van der Waals surface area contributed by atoms with Gasteiger partial charge in [0, 0.05) is 18.0 Å². The van der Waals surface area contributed by atoms with Crippen molar-refractivity contribution in [3.8, 4) is 0 Å². The second-order valence-electron chi connectivity index (χ2n) is 5.22. The maximum absolute atomic E-state index is 13.5. The first-order valence-corrected chi connectivity index (χ1v) is 8.06. The Hall–Kier alpha value is -2.02. The average molecular weight is 357 g/mol. The van der Waals surface area contributed by atoms with Gasteiger partial charge in [-0.2, -0.15) is 0 Å². The zero-order valence-electron chi connectivity index (χ0n) is 13.0. The Morgan fingerprint density at radius 2 is 1.75 bits per heavy atom. The van der Waals surface area contributed by atoms with Crippen LogP contribution in [0, 0.1) is 23.3 Å². The number of amides is 1. The Morgan fingerprint density at radius 3 is 2.38 bits per heavy atom. The van der Waals surface area contributed by atoms with E-state index in [0.29, 0.717) is 5.56 Å². The van der Waals surface area contributed by atoms with Crippen molar-refractivity contribution in [3.05, 3.63) is 65.2 Å². The molecule has 0 saturated heterocycles. The second kappa shape index (κ2) is 7.70. The van der Waals surface area contributed by atoms with Gasteiger partial charge in [0.15, 0.2) is 11.6 Å². The van der Waals surface area contributed by atoms with Gasteiger partial charge < -0.3 is 4.90 Å². The Labute approximate surface area is 141 Å². The summed E-state index contributed by atoms with van der Waals surface area (Å²) in [6.45, 7) is 1.67. The van der Waals surface area contributed by atoms with Crippen LogP contribution in [0.4, 0.5) is 17.6 Å². The van der Waals surface area contributed by atoms with Gasteiger partial charge >= 0.3 is 0 Å². The number of hydrogen-bond donors (Lipinski definition) is 0. The molecular weight excluding hydrogens is 342 g/mol. The highest BCUT2D eigenvalue weighted by molar-refractivity contribution is 8.00. The molecule has 0 saturated carbocycles. The van der Waals surface area contributed by atoms with Crippen molar-refractivity contribution in [1.82, 2.24) is 4.90 Å². The van der Waals surface area contributed by atoms with E-state index in [4.69, 9.17) is 0 Å². The fourth-order valence-electron chi connectivity index (χ4n) is 2.05. The van der Waals surface area contributed by atoms with Crippen molar-refractivity contribution in [2.75, 3.05) is 12.8 Å². The zero-order chi connectivity index (χ0) is 17.9. The first-order chi connectivity index (χ1) is 11.3. The van der Waals surface area contributed by atoms with Crippen molar-refractivity contribution in [2.24, 2.45) is 0 Å². The van der Waals surface area contributed by atoms with Crippen molar-refractivity contribution in [2.45, 2.75) is 17.9 Å². The normalized spacial score (nSPS) is 12.1. The summed E-state index contributed by atoms with van der Waals surface area (Å²) in [5.74, 6) is -3.74. The molecule has 1 amide bonds. The highest BCUT2D eigenvalue weighted by Crippen LogP contribution is 2.25. The second-order valence-corrected chi connectivity index (χ2v) is 6.23. The van der Waals surface area contributed by atoms with E-state index >= 15 is 0 Å². The zero-order valence-corrected chi connectivity index (χ0v) is 13.8. The molecule has 2 aromatic carbocycles. The Balaban J connectivity index is 2.01. The van der Waals surface area contributed by atoms with Crippen molar-refractivity contribution < 1.29 is 22.4 Å². The summed E-state index contributed by atoms with van der Waals surface area (Å²) in [6, 6.07) is 6.09. The number of halogens is 4. The highest BCUT2D eigenvalue weighted by atomic mass is 32.2. The molecule has 0 radical (unpaired) electrons. The van der Waals surface area contributed by atoms with Gasteiger partial charge in [-0.15, -0.1) is 11.8 Å². The van der Waals surface area contributed by atoms with E-state index in [9.17, 15) is 22.4 Å². The minimum absolute atomic E-state index is 0.0624. The number of rotatable bonds is 5. The van der Waals surface area contributed by atoms with E-state index in [0.717, 1.165) is 36.0 Å². The summed E-state index contributed by atoms with van der Waals surface area (Å²) in [5.41, 5.74) is 0.447. The lowest BCUT2D eigenvalue weighted by molar-refractivity contribution is -0.128. The highest BCUT2D eigenvalue weighted by Gasteiger charge is 2.19. The van der Waals surface area contributed by atoms with Crippen LogP contribution < -0.4 is 0 Å². The molecule has 2 nitrogen and oxygen atoms in total. The number of carbonyl (C=O) groups is 1. The lowest BCUT2D eigenvalue weighted by atomic mass is 10.1. The summed E-state index contributed by atoms with van der Waals surface area (Å²) >= 11 is 0.943. The minimum Gasteiger partial charge on any atom is -0.338 e. The van der Waals surface area contributed by atoms with Gasteiger partial charge in [-0.1, -0.05) is 6.07 Å². The molecule has 24 heavy (non-hydrogen) atoms. The van der Waals surface area contributed by atoms with Crippen molar-refractivity contribution >= 4 is 17.7 Å². The third kappa shape index (κ3) is 4.29. The van der Waals surface area contributed by atoms with Gasteiger partial charge in [-0.25, -0.2) is 17.6 Å². The molecule has 0 heterocycles. The molecule has 0 aliphatic carbocycles. The van der Waals surface area contributed by atoms with Crippen LogP contribution in [0.1, 0.15) is 18.5 Å². The smallest absolute Gasteiger partial charge is 0.233 e. The van der Waals surface area contributed by atoms with Gasteiger partial charge in [-0.3, -0.25) is 4.79 Å². The molecule has 2 rings (SSSR count). The van der Waals surface area contributed by atoms with Crippen LogP contribution >= 0.6 is 11.8 Å². The van der Waals surface area contributed by atoms with Crippen LogP contribution in [-0.4, -0.2) is 23.6 Å². The summed E-state index contributed by atoms with van der Waals surface area (Å²) in [5, 5.41) is 0. The van der Waals surface area contributed by atoms with Gasteiger partial charge in [0.25, 0.3) is 0 Å². The molecule has 0 N–H and O–H groups in total. The van der Waals surface area contributed by atoms with Gasteiger partial charge in [0.05, 0.1) is 11.8 Å². The van der Waals surface area contributed by atoms with E-state index in [-0.39, 0.29) is 16.6 Å². The predicted octanol–water partition coefficient (Wildman–Crippen LogP) is 4.55. The molecule has 0 aliphatic heterocycles. The summed E-state index contributed by atoms with van der Waals surface area (Å²) < 4.78 is 52.7. The summed E-state index contributed by atoms with van der Waals surface area (Å²) in [4.78, 5) is 13.7. The van der Waals surface area contributed by atoms with Crippen LogP contribution in [0.2, 0.25) is 0 Å². The third-order valence-electron chi connectivity index (χ3n) is 3.65. The van der Waals surface area contributed by atoms with Gasteiger partial charge in [0.1, 0.15) is 11.6 Å². The maximum atomic E-state index is 13.5. The molecule has 2 aromatic rings. The SMILES string of the molecule is CC(c1ccc(F)c(F)c1)N(C)C(=O)CSc1ccc(F)cc1F. The number of benzene rings is 2. The Morgan fingerprint density at radius 1 is 1.04 bits per heavy atom. The maximum Gasteiger partial charge on any atom is 0.233 e. The van der Waals surface area contributed by atoms with Crippen LogP contribution in [0.5, 0.6) is 0 Å².